The lowest BCUT2D eigenvalue weighted by atomic mass is 10.1. The number of aliphatic carboxylic acids is 1. The first kappa shape index (κ1) is 13.9. The van der Waals surface area contributed by atoms with Gasteiger partial charge in [-0.2, -0.15) is 0 Å². The van der Waals surface area contributed by atoms with Crippen molar-refractivity contribution in [3.05, 3.63) is 47.6 Å². The summed E-state index contributed by atoms with van der Waals surface area (Å²) in [5, 5.41) is 17.8. The number of hydrogen-bond donors (Lipinski definition) is 2. The SMILES string of the molecule is C=C1C=CC=C(C)C(C(=N)SC2(C(=O)O)CC2C)=C1. The van der Waals surface area contributed by atoms with Crippen molar-refractivity contribution in [2.24, 2.45) is 5.92 Å². The molecule has 19 heavy (non-hydrogen) atoms. The summed E-state index contributed by atoms with van der Waals surface area (Å²) in [6.45, 7) is 7.72. The fraction of sp³-hybridized carbons (Fsp3) is 0.333. The Morgan fingerprint density at radius 2 is 2.26 bits per heavy atom. The fourth-order valence-corrected chi connectivity index (χ4v) is 3.43. The second-order valence-corrected chi connectivity index (χ2v) is 6.41. The highest BCUT2D eigenvalue weighted by Gasteiger charge is 2.59. The molecule has 2 rings (SSSR count). The van der Waals surface area contributed by atoms with Crippen LogP contribution in [0.25, 0.3) is 0 Å². The number of nitrogens with one attached hydrogen (secondary N) is 1. The number of hydrogen-bond acceptors (Lipinski definition) is 3. The molecule has 4 heteroatoms. The maximum Gasteiger partial charge on any atom is 0.320 e. The first-order valence-electron chi connectivity index (χ1n) is 6.14. The highest BCUT2D eigenvalue weighted by atomic mass is 32.2. The number of carboxylic acid groups (broad SMARTS) is 1. The third-order valence-electron chi connectivity index (χ3n) is 3.55. The molecule has 0 spiro atoms. The molecule has 0 aromatic rings. The van der Waals surface area contributed by atoms with E-state index in [-0.39, 0.29) is 5.92 Å². The van der Waals surface area contributed by atoms with Crippen molar-refractivity contribution in [3.63, 3.8) is 0 Å². The third-order valence-corrected chi connectivity index (χ3v) is 5.08. The summed E-state index contributed by atoms with van der Waals surface area (Å²) in [4.78, 5) is 11.3. The van der Waals surface area contributed by atoms with Gasteiger partial charge in [0.1, 0.15) is 4.75 Å². The summed E-state index contributed by atoms with van der Waals surface area (Å²) in [6, 6.07) is 0. The summed E-state index contributed by atoms with van der Waals surface area (Å²) in [7, 11) is 0. The molecule has 2 N–H and O–H groups in total. The molecule has 0 bridgehead atoms. The quantitative estimate of drug-likeness (QED) is 0.611. The molecule has 2 atom stereocenters. The summed E-state index contributed by atoms with van der Waals surface area (Å²) >= 11 is 1.16. The van der Waals surface area contributed by atoms with Gasteiger partial charge in [-0.1, -0.05) is 43.5 Å². The van der Waals surface area contributed by atoms with Crippen molar-refractivity contribution in [2.75, 3.05) is 0 Å². The predicted octanol–water partition coefficient (Wildman–Crippen LogP) is 3.56. The van der Waals surface area contributed by atoms with E-state index in [0.29, 0.717) is 11.5 Å². The van der Waals surface area contributed by atoms with Crippen LogP contribution in [0.1, 0.15) is 20.3 Å². The van der Waals surface area contributed by atoms with E-state index in [9.17, 15) is 9.90 Å². The van der Waals surface area contributed by atoms with Gasteiger partial charge in [-0.15, -0.1) is 0 Å². The van der Waals surface area contributed by atoms with Gasteiger partial charge in [0.15, 0.2) is 0 Å². The van der Waals surface area contributed by atoms with Gasteiger partial charge in [0.2, 0.25) is 0 Å². The van der Waals surface area contributed by atoms with Gasteiger partial charge in [0.05, 0.1) is 5.04 Å². The van der Waals surface area contributed by atoms with Crippen molar-refractivity contribution in [2.45, 2.75) is 25.0 Å². The van der Waals surface area contributed by atoms with E-state index < -0.39 is 10.7 Å². The number of allylic oxidation sites excluding steroid dienone is 6. The van der Waals surface area contributed by atoms with Crippen LogP contribution < -0.4 is 0 Å². The van der Waals surface area contributed by atoms with Crippen molar-refractivity contribution in [1.29, 1.82) is 5.41 Å². The molecule has 0 radical (unpaired) electrons. The largest absolute Gasteiger partial charge is 0.480 e. The van der Waals surface area contributed by atoms with E-state index in [2.05, 4.69) is 6.58 Å². The summed E-state index contributed by atoms with van der Waals surface area (Å²) in [6.07, 6.45) is 8.16. The number of carbonyl (C=O) groups is 1. The molecule has 0 saturated heterocycles. The molecule has 2 aliphatic carbocycles. The van der Waals surface area contributed by atoms with Crippen LogP contribution in [0.2, 0.25) is 0 Å². The Labute approximate surface area is 117 Å². The van der Waals surface area contributed by atoms with Crippen molar-refractivity contribution < 1.29 is 9.90 Å². The van der Waals surface area contributed by atoms with E-state index in [0.717, 1.165) is 28.5 Å². The van der Waals surface area contributed by atoms with Gasteiger partial charge in [0, 0.05) is 5.57 Å². The minimum absolute atomic E-state index is 0.118. The molecule has 0 aromatic carbocycles. The average molecular weight is 275 g/mol. The van der Waals surface area contributed by atoms with Crippen LogP contribution in [0, 0.1) is 11.3 Å². The van der Waals surface area contributed by atoms with Crippen LogP contribution in [-0.4, -0.2) is 20.9 Å². The second-order valence-electron chi connectivity index (χ2n) is 5.07. The molecule has 1 fully saturated rings. The zero-order valence-corrected chi connectivity index (χ0v) is 11.9. The maximum atomic E-state index is 11.3. The minimum atomic E-state index is -0.817. The zero-order valence-electron chi connectivity index (χ0n) is 11.1. The molecule has 2 unspecified atom stereocenters. The van der Waals surface area contributed by atoms with Crippen LogP contribution in [0.15, 0.2) is 47.6 Å². The molecule has 3 nitrogen and oxygen atoms in total. The van der Waals surface area contributed by atoms with Gasteiger partial charge in [-0.25, -0.2) is 0 Å². The Morgan fingerprint density at radius 1 is 1.63 bits per heavy atom. The molecule has 0 aliphatic heterocycles. The predicted molar refractivity (Wildman–Crippen MR) is 79.6 cm³/mol. The van der Waals surface area contributed by atoms with Gasteiger partial charge < -0.3 is 5.11 Å². The molecule has 0 aromatic heterocycles. The Kier molecular flexibility index (Phi) is 3.54. The van der Waals surface area contributed by atoms with Crippen LogP contribution >= 0.6 is 11.8 Å². The van der Waals surface area contributed by atoms with Crippen molar-refractivity contribution in [3.8, 4) is 0 Å². The summed E-state index contributed by atoms with van der Waals surface area (Å²) in [5.41, 5.74) is 2.54. The number of rotatable bonds is 3. The van der Waals surface area contributed by atoms with E-state index in [1.807, 2.05) is 38.2 Å². The van der Waals surface area contributed by atoms with Gasteiger partial charge in [-0.05, 0) is 36.5 Å². The van der Waals surface area contributed by atoms with Crippen LogP contribution in [-0.2, 0) is 4.79 Å². The van der Waals surface area contributed by atoms with Crippen molar-refractivity contribution in [1.82, 2.24) is 0 Å². The monoisotopic (exact) mass is 275 g/mol. The van der Waals surface area contributed by atoms with E-state index in [4.69, 9.17) is 5.41 Å². The number of carboxylic acids is 1. The average Bonchev–Trinajstić information content (AvgIpc) is 3.00. The zero-order chi connectivity index (χ0) is 14.2. The van der Waals surface area contributed by atoms with Crippen LogP contribution in [0.3, 0.4) is 0 Å². The first-order valence-corrected chi connectivity index (χ1v) is 6.96. The number of thioether (sulfide) groups is 1. The molecule has 1 saturated carbocycles. The van der Waals surface area contributed by atoms with Gasteiger partial charge >= 0.3 is 5.97 Å². The minimum Gasteiger partial charge on any atom is -0.480 e. The second kappa shape index (κ2) is 4.85. The standard InChI is InChI=1S/C15H17NO2S/c1-9-5-4-6-10(2)12(7-9)13(16)19-15(14(17)18)8-11(15)3/h4-7,11,16H,1,8H2,2-3H3,(H,17,18). The lowest BCUT2D eigenvalue weighted by Gasteiger charge is -2.14. The lowest BCUT2D eigenvalue weighted by Crippen LogP contribution is -2.22. The van der Waals surface area contributed by atoms with Crippen molar-refractivity contribution >= 4 is 22.8 Å². The topological polar surface area (TPSA) is 61.2 Å². The Bertz CT molecular complexity index is 556. The smallest absolute Gasteiger partial charge is 0.320 e. The maximum absolute atomic E-state index is 11.3. The Balaban J connectivity index is 2.21. The normalized spacial score (nSPS) is 29.4. The van der Waals surface area contributed by atoms with Gasteiger partial charge in [0.25, 0.3) is 0 Å². The highest BCUT2D eigenvalue weighted by molar-refractivity contribution is 8.16. The Morgan fingerprint density at radius 3 is 2.79 bits per heavy atom. The first-order chi connectivity index (χ1) is 8.86. The molecule has 2 aliphatic rings. The van der Waals surface area contributed by atoms with E-state index in [1.165, 1.54) is 0 Å². The Hall–Kier alpha value is -1.55. The molecular weight excluding hydrogens is 258 g/mol. The molecule has 0 amide bonds. The van der Waals surface area contributed by atoms with Crippen LogP contribution in [0.4, 0.5) is 0 Å². The van der Waals surface area contributed by atoms with E-state index >= 15 is 0 Å². The van der Waals surface area contributed by atoms with E-state index in [1.54, 1.807) is 0 Å². The fourth-order valence-electron chi connectivity index (χ4n) is 2.11. The van der Waals surface area contributed by atoms with Gasteiger partial charge in [-0.3, -0.25) is 10.2 Å². The third kappa shape index (κ3) is 2.59. The lowest BCUT2D eigenvalue weighted by molar-refractivity contribution is -0.137. The summed E-state index contributed by atoms with van der Waals surface area (Å²) < 4.78 is -0.806. The molecule has 0 heterocycles. The van der Waals surface area contributed by atoms with Crippen LogP contribution in [0.5, 0.6) is 0 Å². The summed E-state index contributed by atoms with van der Waals surface area (Å²) in [5.74, 6) is -0.699. The molecular formula is C15H17NO2S. The molecule has 100 valence electrons. The highest BCUT2D eigenvalue weighted by Crippen LogP contribution is 2.55.